The van der Waals surface area contributed by atoms with Crippen LogP contribution in [0, 0.1) is 13.8 Å². The average molecular weight is 834 g/mol. The molecule has 0 radical (unpaired) electrons. The van der Waals surface area contributed by atoms with E-state index in [4.69, 9.17) is 0 Å². The number of hydrogen-bond donors (Lipinski definition) is 1. The second kappa shape index (κ2) is 18.8. The topological polar surface area (TPSA) is 12.0 Å². The molecular weight excluding hydrogens is 783 g/mol. The third kappa shape index (κ3) is 9.09. The number of hydrogen-bond acceptors (Lipinski definition) is 1. The molecule has 1 aliphatic carbocycles. The fraction of sp³-hybridized carbons (Fsp3) is 0.0625. The van der Waals surface area contributed by atoms with Gasteiger partial charge in [0.15, 0.2) is 0 Å². The predicted octanol–water partition coefficient (Wildman–Crippen LogP) is 17.2. The Kier molecular flexibility index (Phi) is 11.8. The summed E-state index contributed by atoms with van der Waals surface area (Å²) >= 11 is 0. The van der Waals surface area contributed by atoms with Gasteiger partial charge in [-0.15, -0.1) is 0 Å². The molecule has 0 spiro atoms. The minimum Gasteiger partial charge on any atom is -0.381 e. The number of fused-ring (bicyclic) bond motifs is 6. The number of benzene rings is 10. The molecule has 0 fully saturated rings. The van der Waals surface area contributed by atoms with Crippen LogP contribution in [-0.4, -0.2) is 6.54 Å². The lowest BCUT2D eigenvalue weighted by Gasteiger charge is -2.16. The van der Waals surface area contributed by atoms with Crippen LogP contribution >= 0.6 is 0 Å². The van der Waals surface area contributed by atoms with E-state index in [-0.39, 0.29) is 0 Å². The van der Waals surface area contributed by atoms with Crippen molar-refractivity contribution >= 4 is 22.5 Å². The maximum Gasteiger partial charge on any atom is 0.0422 e. The van der Waals surface area contributed by atoms with E-state index in [0.717, 1.165) is 13.0 Å². The van der Waals surface area contributed by atoms with Gasteiger partial charge >= 0.3 is 0 Å². The highest BCUT2D eigenvalue weighted by molar-refractivity contribution is 5.99. The molecule has 1 heterocycles. The number of nitrogens with one attached hydrogen (secondary N) is 1. The molecule has 1 heteroatoms. The quantitative estimate of drug-likeness (QED) is 0.182. The zero-order valence-electron chi connectivity index (χ0n) is 37.0. The van der Waals surface area contributed by atoms with Crippen LogP contribution in [0.5, 0.6) is 0 Å². The van der Waals surface area contributed by atoms with Crippen molar-refractivity contribution in [3.8, 4) is 66.8 Å². The van der Waals surface area contributed by atoms with Crippen LogP contribution in [0.15, 0.2) is 237 Å². The van der Waals surface area contributed by atoms with Crippen molar-refractivity contribution in [1.82, 2.24) is 0 Å². The molecular formula is C64H51N. The molecule has 0 bridgehead atoms. The van der Waals surface area contributed by atoms with Gasteiger partial charge in [0.25, 0.3) is 0 Å². The van der Waals surface area contributed by atoms with Crippen LogP contribution in [0.4, 0.5) is 5.69 Å². The summed E-state index contributed by atoms with van der Waals surface area (Å²) in [6, 6.07) is 82.6. The standard InChI is InChI=1S/C26H19N.2C19H16/c1-2-6-20-17(5-1)16-25-21(7-3-8-23(20)25)18-10-12-22-19(15-18)11-13-26-24(22)9-4-14-27-26;2*1-15-7-9-17(10-8-15)19-13-11-18(12-14-19)16-5-3-2-4-6-16/h1-13,15,27H,14,16H2;2*2-14H,1H3. The second-order valence-corrected chi connectivity index (χ2v) is 17.0. The van der Waals surface area contributed by atoms with Crippen LogP contribution in [0.1, 0.15) is 27.8 Å². The van der Waals surface area contributed by atoms with E-state index in [2.05, 4.69) is 250 Å². The lowest BCUT2D eigenvalue weighted by molar-refractivity contribution is 1.26. The number of rotatable bonds is 5. The second-order valence-electron chi connectivity index (χ2n) is 17.0. The molecule has 0 saturated carbocycles. The maximum absolute atomic E-state index is 3.46. The minimum atomic E-state index is 0.910. The van der Waals surface area contributed by atoms with Gasteiger partial charge < -0.3 is 5.32 Å². The van der Waals surface area contributed by atoms with E-state index in [1.807, 2.05) is 12.1 Å². The Morgan fingerprint density at radius 3 is 1.35 bits per heavy atom. The predicted molar refractivity (Wildman–Crippen MR) is 279 cm³/mol. The first kappa shape index (κ1) is 41.0. The highest BCUT2D eigenvalue weighted by Gasteiger charge is 2.21. The largest absolute Gasteiger partial charge is 0.381 e. The van der Waals surface area contributed by atoms with Gasteiger partial charge in [-0.05, 0) is 121 Å². The molecule has 312 valence electrons. The molecule has 65 heavy (non-hydrogen) atoms. The first-order valence-corrected chi connectivity index (χ1v) is 22.7. The van der Waals surface area contributed by atoms with Gasteiger partial charge in [-0.2, -0.15) is 0 Å². The van der Waals surface area contributed by atoms with E-state index in [1.54, 1.807) is 0 Å². The summed E-state index contributed by atoms with van der Waals surface area (Å²) < 4.78 is 0. The van der Waals surface area contributed by atoms with Gasteiger partial charge in [-0.1, -0.05) is 242 Å². The Labute approximate surface area is 384 Å². The number of anilines is 1. The lowest BCUT2D eigenvalue weighted by atomic mass is 9.92. The first-order valence-electron chi connectivity index (χ1n) is 22.7. The van der Waals surface area contributed by atoms with E-state index < -0.39 is 0 Å². The van der Waals surface area contributed by atoms with E-state index in [9.17, 15) is 0 Å². The summed E-state index contributed by atoms with van der Waals surface area (Å²) in [5.74, 6) is 0. The summed E-state index contributed by atoms with van der Waals surface area (Å²) in [5, 5.41) is 6.07. The summed E-state index contributed by atoms with van der Waals surface area (Å²) in [6.07, 6.45) is 5.46. The normalized spacial score (nSPS) is 11.8. The molecule has 0 amide bonds. The summed E-state index contributed by atoms with van der Waals surface area (Å²) in [4.78, 5) is 0. The van der Waals surface area contributed by atoms with Crippen molar-refractivity contribution in [3.05, 3.63) is 264 Å². The molecule has 1 N–H and O–H groups in total. The summed E-state index contributed by atoms with van der Waals surface area (Å²) in [6.45, 7) is 5.14. The number of aryl methyl sites for hydroxylation is 2. The molecule has 0 atom stereocenters. The first-order chi connectivity index (χ1) is 32.0. The van der Waals surface area contributed by atoms with Gasteiger partial charge in [0.2, 0.25) is 0 Å². The molecule has 0 unspecified atom stereocenters. The highest BCUT2D eigenvalue weighted by atomic mass is 14.9. The Bertz CT molecular complexity index is 3110. The Morgan fingerprint density at radius 1 is 0.354 bits per heavy atom. The average Bonchev–Trinajstić information content (AvgIpc) is 3.77. The van der Waals surface area contributed by atoms with Crippen LogP contribution in [0.25, 0.3) is 83.6 Å². The van der Waals surface area contributed by atoms with E-state index >= 15 is 0 Å². The summed E-state index contributed by atoms with van der Waals surface area (Å²) in [7, 11) is 0. The summed E-state index contributed by atoms with van der Waals surface area (Å²) in [5.41, 5.74) is 23.6. The fourth-order valence-corrected chi connectivity index (χ4v) is 9.09. The van der Waals surface area contributed by atoms with Crippen LogP contribution in [0.2, 0.25) is 0 Å². The van der Waals surface area contributed by atoms with Gasteiger partial charge in [-0.25, -0.2) is 0 Å². The van der Waals surface area contributed by atoms with Crippen LogP contribution in [0.3, 0.4) is 0 Å². The molecule has 10 aromatic rings. The zero-order valence-corrected chi connectivity index (χ0v) is 37.0. The third-order valence-electron chi connectivity index (χ3n) is 12.7. The Hall–Kier alpha value is -8.00. The van der Waals surface area contributed by atoms with Crippen molar-refractivity contribution in [2.45, 2.75) is 20.3 Å². The Balaban J connectivity index is 0.000000118. The molecule has 0 saturated heterocycles. The minimum absolute atomic E-state index is 0.910. The molecule has 1 aliphatic heterocycles. The molecule has 0 aromatic heterocycles. The Morgan fingerprint density at radius 2 is 0.800 bits per heavy atom. The van der Waals surface area contributed by atoms with Crippen LogP contribution < -0.4 is 5.32 Å². The molecule has 2 aliphatic rings. The lowest BCUT2D eigenvalue weighted by Crippen LogP contribution is -2.04. The van der Waals surface area contributed by atoms with Gasteiger partial charge in [0.1, 0.15) is 0 Å². The van der Waals surface area contributed by atoms with Crippen LogP contribution in [-0.2, 0) is 6.42 Å². The van der Waals surface area contributed by atoms with Crippen molar-refractivity contribution in [3.63, 3.8) is 0 Å². The molecule has 12 rings (SSSR count). The van der Waals surface area contributed by atoms with E-state index in [1.165, 1.54) is 111 Å². The molecule has 1 nitrogen and oxygen atoms in total. The van der Waals surface area contributed by atoms with Gasteiger partial charge in [-0.3, -0.25) is 0 Å². The van der Waals surface area contributed by atoms with Gasteiger partial charge in [0, 0.05) is 17.8 Å². The van der Waals surface area contributed by atoms with Gasteiger partial charge in [0.05, 0.1) is 0 Å². The van der Waals surface area contributed by atoms with Crippen molar-refractivity contribution in [2.75, 3.05) is 11.9 Å². The SMILES string of the molecule is C1=Cc2c(ccc3cc(-c4cccc5c4Cc4ccccc4-5)ccc23)NC1.Cc1ccc(-c2ccc(-c3ccccc3)cc2)cc1.Cc1ccc(-c2ccc(-c3ccccc3)cc2)cc1. The monoisotopic (exact) mass is 833 g/mol. The van der Waals surface area contributed by atoms with Crippen molar-refractivity contribution in [2.24, 2.45) is 0 Å². The third-order valence-corrected chi connectivity index (χ3v) is 12.7. The van der Waals surface area contributed by atoms with Crippen molar-refractivity contribution in [1.29, 1.82) is 0 Å². The fourth-order valence-electron chi connectivity index (χ4n) is 9.09. The maximum atomic E-state index is 3.46. The van der Waals surface area contributed by atoms with Crippen molar-refractivity contribution < 1.29 is 0 Å². The zero-order chi connectivity index (χ0) is 44.0. The van der Waals surface area contributed by atoms with E-state index in [0.29, 0.717) is 0 Å². The highest BCUT2D eigenvalue weighted by Crippen LogP contribution is 2.42. The molecule has 10 aromatic carbocycles. The smallest absolute Gasteiger partial charge is 0.0422 e.